The summed E-state index contributed by atoms with van der Waals surface area (Å²) in [4.78, 5) is 9.46. The van der Waals surface area contributed by atoms with E-state index >= 15 is 0 Å². The molecule has 1 aromatic heterocycles. The topological polar surface area (TPSA) is 44.2 Å². The molecule has 1 heterocycles. The Kier molecular flexibility index (Phi) is 4.75. The van der Waals surface area contributed by atoms with E-state index in [1.165, 1.54) is 0 Å². The van der Waals surface area contributed by atoms with Gasteiger partial charge in [0.25, 0.3) is 0 Å². The minimum atomic E-state index is 0.822. The molecule has 3 rings (SSSR count). The third kappa shape index (κ3) is 3.23. The monoisotopic (exact) mass is 320 g/mol. The number of aryl methyl sites for hydroxylation is 1. The van der Waals surface area contributed by atoms with Crippen LogP contribution in [-0.2, 0) is 6.42 Å². The van der Waals surface area contributed by atoms with Gasteiger partial charge in [0.1, 0.15) is 11.5 Å². The molecule has 122 valence electrons. The molecule has 3 aromatic rings. The lowest BCUT2D eigenvalue weighted by Gasteiger charge is -2.11. The van der Waals surface area contributed by atoms with Crippen LogP contribution >= 0.6 is 0 Å². The van der Waals surface area contributed by atoms with Gasteiger partial charge < -0.3 is 9.47 Å². The summed E-state index contributed by atoms with van der Waals surface area (Å²) in [5.74, 6) is 1.65. The van der Waals surface area contributed by atoms with Gasteiger partial charge in [-0.15, -0.1) is 0 Å². The second-order valence-electron chi connectivity index (χ2n) is 5.37. The SMILES string of the molecule is CCc1cnc(-c2ccc(OC)cc2)c(-c2ccc(OC)cc2)n1. The summed E-state index contributed by atoms with van der Waals surface area (Å²) >= 11 is 0. The van der Waals surface area contributed by atoms with Gasteiger partial charge in [0.15, 0.2) is 0 Å². The fourth-order valence-corrected chi connectivity index (χ4v) is 2.51. The number of benzene rings is 2. The number of methoxy groups -OCH3 is 2. The highest BCUT2D eigenvalue weighted by Gasteiger charge is 2.12. The predicted octanol–water partition coefficient (Wildman–Crippen LogP) is 4.39. The van der Waals surface area contributed by atoms with Crippen molar-refractivity contribution in [3.8, 4) is 34.0 Å². The summed E-state index contributed by atoms with van der Waals surface area (Å²) in [6.45, 7) is 2.08. The van der Waals surface area contributed by atoms with Gasteiger partial charge in [-0.25, -0.2) is 4.98 Å². The molecule has 0 radical (unpaired) electrons. The molecular formula is C20H20N2O2. The molecule has 0 bridgehead atoms. The summed E-state index contributed by atoms with van der Waals surface area (Å²) in [7, 11) is 3.32. The minimum Gasteiger partial charge on any atom is -0.497 e. The molecule has 0 fully saturated rings. The predicted molar refractivity (Wildman–Crippen MR) is 95.4 cm³/mol. The van der Waals surface area contributed by atoms with Crippen LogP contribution in [0, 0.1) is 0 Å². The molecule has 0 amide bonds. The standard InChI is InChI=1S/C20H20N2O2/c1-4-16-13-21-19(14-5-9-17(23-2)10-6-14)20(22-16)15-7-11-18(24-3)12-8-15/h5-13H,4H2,1-3H3. The Bertz CT molecular complexity index is 812. The van der Waals surface area contributed by atoms with E-state index < -0.39 is 0 Å². The summed E-state index contributed by atoms with van der Waals surface area (Å²) in [6, 6.07) is 15.8. The third-order valence-corrected chi connectivity index (χ3v) is 3.91. The van der Waals surface area contributed by atoms with E-state index in [1.54, 1.807) is 14.2 Å². The van der Waals surface area contributed by atoms with Gasteiger partial charge in [-0.2, -0.15) is 0 Å². The van der Waals surface area contributed by atoms with Gasteiger partial charge in [0.05, 0.1) is 31.3 Å². The highest BCUT2D eigenvalue weighted by Crippen LogP contribution is 2.31. The maximum absolute atomic E-state index is 5.24. The van der Waals surface area contributed by atoms with Gasteiger partial charge in [-0.05, 0) is 55.0 Å². The third-order valence-electron chi connectivity index (χ3n) is 3.91. The zero-order chi connectivity index (χ0) is 16.9. The first kappa shape index (κ1) is 16.0. The summed E-state index contributed by atoms with van der Waals surface area (Å²) in [5, 5.41) is 0. The highest BCUT2D eigenvalue weighted by atomic mass is 16.5. The Balaban J connectivity index is 2.10. The number of rotatable bonds is 5. The Morgan fingerprint density at radius 2 is 1.25 bits per heavy atom. The summed E-state index contributed by atoms with van der Waals surface area (Å²) < 4.78 is 10.5. The molecule has 4 heteroatoms. The molecule has 0 spiro atoms. The molecule has 24 heavy (non-hydrogen) atoms. The molecule has 0 N–H and O–H groups in total. The Morgan fingerprint density at radius 3 is 1.71 bits per heavy atom. The molecule has 0 aliphatic rings. The fourth-order valence-electron chi connectivity index (χ4n) is 2.51. The van der Waals surface area contributed by atoms with Gasteiger partial charge in [0.2, 0.25) is 0 Å². The van der Waals surface area contributed by atoms with Crippen LogP contribution in [0.4, 0.5) is 0 Å². The van der Waals surface area contributed by atoms with Gasteiger partial charge >= 0.3 is 0 Å². The second-order valence-corrected chi connectivity index (χ2v) is 5.37. The summed E-state index contributed by atoms with van der Waals surface area (Å²) in [5.41, 5.74) is 4.74. The van der Waals surface area contributed by atoms with E-state index in [0.29, 0.717) is 0 Å². The van der Waals surface area contributed by atoms with Crippen LogP contribution in [-0.4, -0.2) is 24.2 Å². The molecule has 0 saturated carbocycles. The molecule has 2 aromatic carbocycles. The number of nitrogens with zero attached hydrogens (tertiary/aromatic N) is 2. The van der Waals surface area contributed by atoms with Crippen molar-refractivity contribution in [2.45, 2.75) is 13.3 Å². The van der Waals surface area contributed by atoms with Crippen LogP contribution in [0.15, 0.2) is 54.7 Å². The first-order chi connectivity index (χ1) is 11.7. The van der Waals surface area contributed by atoms with Crippen molar-refractivity contribution < 1.29 is 9.47 Å². The number of hydrogen-bond acceptors (Lipinski definition) is 4. The van der Waals surface area contributed by atoms with E-state index in [-0.39, 0.29) is 0 Å². The van der Waals surface area contributed by atoms with Crippen LogP contribution in [0.3, 0.4) is 0 Å². The van der Waals surface area contributed by atoms with Crippen LogP contribution in [0.25, 0.3) is 22.5 Å². The molecule has 0 aliphatic carbocycles. The Morgan fingerprint density at radius 1 is 0.750 bits per heavy atom. The van der Waals surface area contributed by atoms with Gasteiger partial charge in [0, 0.05) is 17.3 Å². The summed E-state index contributed by atoms with van der Waals surface area (Å²) in [6.07, 6.45) is 2.69. The maximum Gasteiger partial charge on any atom is 0.118 e. The van der Waals surface area contributed by atoms with Crippen LogP contribution in [0.1, 0.15) is 12.6 Å². The first-order valence-electron chi connectivity index (χ1n) is 7.90. The molecule has 4 nitrogen and oxygen atoms in total. The Labute approximate surface area is 142 Å². The number of hydrogen-bond donors (Lipinski definition) is 0. The fraction of sp³-hybridized carbons (Fsp3) is 0.200. The quantitative estimate of drug-likeness (QED) is 0.699. The number of aromatic nitrogens is 2. The molecule has 0 saturated heterocycles. The maximum atomic E-state index is 5.24. The lowest BCUT2D eigenvalue weighted by molar-refractivity contribution is 0.414. The van der Waals surface area contributed by atoms with Crippen LogP contribution in [0.5, 0.6) is 11.5 Å². The molecule has 0 atom stereocenters. The van der Waals surface area contributed by atoms with Crippen molar-refractivity contribution in [2.75, 3.05) is 14.2 Å². The average Bonchev–Trinajstić information content (AvgIpc) is 2.67. The zero-order valence-corrected chi connectivity index (χ0v) is 14.1. The van der Waals surface area contributed by atoms with Crippen LogP contribution in [0.2, 0.25) is 0 Å². The average molecular weight is 320 g/mol. The first-order valence-corrected chi connectivity index (χ1v) is 7.90. The van der Waals surface area contributed by atoms with E-state index in [4.69, 9.17) is 14.5 Å². The largest absolute Gasteiger partial charge is 0.497 e. The molecule has 0 unspecified atom stereocenters. The van der Waals surface area contributed by atoms with E-state index in [1.807, 2.05) is 54.7 Å². The van der Waals surface area contributed by atoms with Crippen molar-refractivity contribution >= 4 is 0 Å². The van der Waals surface area contributed by atoms with E-state index in [2.05, 4.69) is 11.9 Å². The Hall–Kier alpha value is -2.88. The van der Waals surface area contributed by atoms with Crippen LogP contribution < -0.4 is 9.47 Å². The van der Waals surface area contributed by atoms with Crippen molar-refractivity contribution in [1.29, 1.82) is 0 Å². The molecule has 0 aliphatic heterocycles. The van der Waals surface area contributed by atoms with Crippen molar-refractivity contribution in [2.24, 2.45) is 0 Å². The highest BCUT2D eigenvalue weighted by molar-refractivity contribution is 5.78. The smallest absolute Gasteiger partial charge is 0.118 e. The lowest BCUT2D eigenvalue weighted by Crippen LogP contribution is -1.98. The number of ether oxygens (including phenoxy) is 2. The minimum absolute atomic E-state index is 0.822. The van der Waals surface area contributed by atoms with Crippen molar-refractivity contribution in [1.82, 2.24) is 9.97 Å². The van der Waals surface area contributed by atoms with Gasteiger partial charge in [-0.3, -0.25) is 4.98 Å². The van der Waals surface area contributed by atoms with Crippen molar-refractivity contribution in [3.63, 3.8) is 0 Å². The second kappa shape index (κ2) is 7.13. The lowest BCUT2D eigenvalue weighted by atomic mass is 10.0. The van der Waals surface area contributed by atoms with Gasteiger partial charge in [-0.1, -0.05) is 6.92 Å². The zero-order valence-electron chi connectivity index (χ0n) is 14.1. The molecular weight excluding hydrogens is 300 g/mol. The normalized spacial score (nSPS) is 10.5. The van der Waals surface area contributed by atoms with E-state index in [0.717, 1.165) is 46.1 Å². The van der Waals surface area contributed by atoms with Crippen molar-refractivity contribution in [3.05, 3.63) is 60.4 Å². The van der Waals surface area contributed by atoms with E-state index in [9.17, 15) is 0 Å².